The van der Waals surface area contributed by atoms with Crippen LogP contribution in [-0.4, -0.2) is 13.1 Å². The van der Waals surface area contributed by atoms with Crippen molar-refractivity contribution in [1.82, 2.24) is 4.98 Å². The summed E-state index contributed by atoms with van der Waals surface area (Å²) in [7, 11) is -1.53. The van der Waals surface area contributed by atoms with Gasteiger partial charge in [0.1, 0.15) is 5.58 Å². The topological polar surface area (TPSA) is 26.0 Å². The van der Waals surface area contributed by atoms with E-state index in [1.165, 1.54) is 21.5 Å². The molecular formula is C22H22IrNOSi-. The van der Waals surface area contributed by atoms with Gasteiger partial charge in [-0.3, -0.25) is 0 Å². The maximum atomic E-state index is 6.30. The van der Waals surface area contributed by atoms with E-state index in [1.807, 2.05) is 18.3 Å². The number of rotatable bonds is 3. The number of hydrogen-bond acceptors (Lipinski definition) is 2. The number of hydrogen-bond donors (Lipinski definition) is 0. The van der Waals surface area contributed by atoms with Gasteiger partial charge in [0.25, 0.3) is 0 Å². The molecule has 0 amide bonds. The van der Waals surface area contributed by atoms with Crippen molar-refractivity contribution in [2.75, 3.05) is 0 Å². The summed E-state index contributed by atoms with van der Waals surface area (Å²) < 4.78 is 6.30. The predicted molar refractivity (Wildman–Crippen MR) is 108 cm³/mol. The molecule has 0 saturated heterocycles. The molecular weight excluding hydrogens is 515 g/mol. The quantitative estimate of drug-likeness (QED) is 0.253. The van der Waals surface area contributed by atoms with Crippen LogP contribution in [0.3, 0.4) is 0 Å². The zero-order valence-corrected chi connectivity index (χ0v) is 18.9. The number of aryl methyl sites for hydroxylation is 1. The fraction of sp³-hybridized carbons (Fsp3) is 0.227. The molecule has 2 aromatic heterocycles. The van der Waals surface area contributed by atoms with Gasteiger partial charge in [0.2, 0.25) is 0 Å². The Kier molecular flexibility index (Phi) is 5.20. The molecule has 0 fully saturated rings. The summed E-state index contributed by atoms with van der Waals surface area (Å²) >= 11 is 0. The summed E-state index contributed by atoms with van der Waals surface area (Å²) in [6.45, 7) is 9.26. The van der Waals surface area contributed by atoms with Crippen LogP contribution >= 0.6 is 0 Å². The van der Waals surface area contributed by atoms with Crippen LogP contribution in [-0.2, 0) is 26.5 Å². The summed E-state index contributed by atoms with van der Waals surface area (Å²) in [6.07, 6.45) is 2.87. The zero-order chi connectivity index (χ0) is 17.6. The van der Waals surface area contributed by atoms with Crippen LogP contribution < -0.4 is 5.19 Å². The molecule has 0 aliphatic heterocycles. The van der Waals surface area contributed by atoms with Crippen molar-refractivity contribution < 1.29 is 24.5 Å². The first kappa shape index (κ1) is 19.0. The molecule has 4 rings (SSSR count). The van der Waals surface area contributed by atoms with Crippen LogP contribution in [0.5, 0.6) is 0 Å². The zero-order valence-electron chi connectivity index (χ0n) is 15.5. The Morgan fingerprint density at radius 2 is 1.88 bits per heavy atom. The molecule has 1 radical (unpaired) electrons. The molecule has 0 saturated carbocycles. The van der Waals surface area contributed by atoms with E-state index in [-0.39, 0.29) is 20.1 Å². The maximum Gasteiger partial charge on any atom is 0.120 e. The van der Waals surface area contributed by atoms with Crippen molar-refractivity contribution in [2.45, 2.75) is 33.0 Å². The van der Waals surface area contributed by atoms with Crippen LogP contribution in [0.15, 0.2) is 53.1 Å². The van der Waals surface area contributed by atoms with Crippen molar-refractivity contribution in [3.8, 4) is 11.3 Å². The Bertz CT molecular complexity index is 1080. The second-order valence-electron chi connectivity index (χ2n) is 7.53. The molecule has 0 spiro atoms. The van der Waals surface area contributed by atoms with E-state index in [0.29, 0.717) is 0 Å². The van der Waals surface area contributed by atoms with E-state index in [1.54, 1.807) is 0 Å². The first-order chi connectivity index (χ1) is 12.0. The summed E-state index contributed by atoms with van der Waals surface area (Å²) in [5.41, 5.74) is 5.03. The van der Waals surface area contributed by atoms with Gasteiger partial charge in [-0.25, -0.2) is 0 Å². The van der Waals surface area contributed by atoms with Gasteiger partial charge in [-0.05, 0) is 24.2 Å². The van der Waals surface area contributed by atoms with Gasteiger partial charge < -0.3 is 9.40 Å². The van der Waals surface area contributed by atoms with E-state index < -0.39 is 8.07 Å². The number of pyridine rings is 1. The molecule has 2 aromatic carbocycles. The van der Waals surface area contributed by atoms with Crippen molar-refractivity contribution in [1.29, 1.82) is 0 Å². The fourth-order valence-corrected chi connectivity index (χ4v) is 4.89. The van der Waals surface area contributed by atoms with Gasteiger partial charge in [0.05, 0.1) is 5.58 Å². The second-order valence-corrected chi connectivity index (χ2v) is 12.6. The molecule has 2 heterocycles. The van der Waals surface area contributed by atoms with Crippen LogP contribution in [0.2, 0.25) is 19.6 Å². The Balaban J connectivity index is 0.00000196. The number of benzene rings is 2. The molecule has 0 atom stereocenters. The summed E-state index contributed by atoms with van der Waals surface area (Å²) in [4.78, 5) is 4.59. The third-order valence-corrected chi connectivity index (χ3v) is 6.76. The molecule has 4 heteroatoms. The summed E-state index contributed by atoms with van der Waals surface area (Å²) in [6, 6.07) is 18.2. The number of para-hydroxylation sites is 1. The third-order valence-electron chi connectivity index (χ3n) is 4.75. The SMILES string of the molecule is CCc1ccnc(-c2[c-]cc([Si](C)(C)C)c3c2oc2ccccc23)c1.[Ir]. The Labute approximate surface area is 169 Å². The van der Waals surface area contributed by atoms with E-state index in [2.05, 4.69) is 67.9 Å². The smallest absolute Gasteiger partial charge is 0.120 e. The minimum absolute atomic E-state index is 0. The van der Waals surface area contributed by atoms with E-state index in [4.69, 9.17) is 4.42 Å². The standard InChI is InChI=1S/C22H22NOSi.Ir/c1-5-15-12-13-23-18(14-15)16-10-11-20(25(2,3)4)21-17-8-6-7-9-19(17)24-22(16)21;/h6-9,11-14H,5H2,1-4H3;/q-1;. The van der Waals surface area contributed by atoms with Gasteiger partial charge in [-0.15, -0.1) is 17.3 Å². The monoisotopic (exact) mass is 537 g/mol. The van der Waals surface area contributed by atoms with Crippen LogP contribution in [0.25, 0.3) is 33.2 Å². The first-order valence-corrected chi connectivity index (χ1v) is 12.3. The van der Waals surface area contributed by atoms with Gasteiger partial charge in [0, 0.05) is 39.8 Å². The minimum Gasteiger partial charge on any atom is -0.501 e. The number of nitrogens with zero attached hydrogens (tertiary/aromatic N) is 1. The molecule has 0 aliphatic rings. The summed E-state index contributed by atoms with van der Waals surface area (Å²) in [5.74, 6) is 0. The summed E-state index contributed by atoms with van der Waals surface area (Å²) in [5, 5.41) is 3.83. The van der Waals surface area contributed by atoms with Gasteiger partial charge in [-0.1, -0.05) is 67.3 Å². The average molecular weight is 537 g/mol. The van der Waals surface area contributed by atoms with Crippen molar-refractivity contribution in [3.05, 3.63) is 60.3 Å². The fourth-order valence-electron chi connectivity index (χ4n) is 3.38. The van der Waals surface area contributed by atoms with Crippen molar-refractivity contribution in [3.63, 3.8) is 0 Å². The second kappa shape index (κ2) is 7.11. The largest absolute Gasteiger partial charge is 0.501 e. The van der Waals surface area contributed by atoms with Gasteiger partial charge in [-0.2, -0.15) is 0 Å². The molecule has 26 heavy (non-hydrogen) atoms. The molecule has 4 aromatic rings. The van der Waals surface area contributed by atoms with Crippen LogP contribution in [0.1, 0.15) is 12.5 Å². The van der Waals surface area contributed by atoms with Gasteiger partial charge in [0.15, 0.2) is 0 Å². The van der Waals surface area contributed by atoms with Crippen LogP contribution in [0, 0.1) is 6.07 Å². The number of fused-ring (bicyclic) bond motifs is 3. The Hall–Kier alpha value is -1.74. The first-order valence-electron chi connectivity index (χ1n) is 8.80. The third kappa shape index (κ3) is 3.18. The maximum absolute atomic E-state index is 6.30. The molecule has 0 N–H and O–H groups in total. The van der Waals surface area contributed by atoms with Crippen molar-refractivity contribution in [2.24, 2.45) is 0 Å². The molecule has 0 unspecified atom stereocenters. The Morgan fingerprint density at radius 1 is 1.12 bits per heavy atom. The normalized spacial score (nSPS) is 11.7. The van der Waals surface area contributed by atoms with E-state index in [9.17, 15) is 0 Å². The molecule has 0 bridgehead atoms. The van der Waals surface area contributed by atoms with E-state index >= 15 is 0 Å². The van der Waals surface area contributed by atoms with Crippen LogP contribution in [0.4, 0.5) is 0 Å². The number of aromatic nitrogens is 1. The number of furan rings is 1. The molecule has 2 nitrogen and oxygen atoms in total. The minimum atomic E-state index is -1.53. The Morgan fingerprint density at radius 3 is 2.62 bits per heavy atom. The average Bonchev–Trinajstić information content (AvgIpc) is 2.99. The van der Waals surface area contributed by atoms with Gasteiger partial charge >= 0.3 is 0 Å². The molecule has 135 valence electrons. The van der Waals surface area contributed by atoms with Crippen molar-refractivity contribution >= 4 is 35.2 Å². The van der Waals surface area contributed by atoms with E-state index in [0.717, 1.165) is 28.8 Å². The molecule has 0 aliphatic carbocycles. The predicted octanol–water partition coefficient (Wildman–Crippen LogP) is 5.55.